The molecule has 1 rings (SSSR count). The SMILES string of the molecule is CN(C)C(=O)C1CC(N=[N+]=[N-])CN1C(=O)OC(C)(C)C. The van der Waals surface area contributed by atoms with Gasteiger partial charge in [0.1, 0.15) is 11.6 Å². The third-order valence-electron chi connectivity index (χ3n) is 2.85. The van der Waals surface area contributed by atoms with Gasteiger partial charge in [-0.1, -0.05) is 5.11 Å². The van der Waals surface area contributed by atoms with E-state index in [1.165, 1.54) is 9.80 Å². The minimum Gasteiger partial charge on any atom is -0.444 e. The number of hydrogen-bond donors (Lipinski definition) is 0. The van der Waals surface area contributed by atoms with E-state index in [4.69, 9.17) is 10.3 Å². The molecule has 1 aliphatic heterocycles. The standard InChI is InChI=1S/C12H21N5O3/c1-12(2,3)20-11(19)17-7-8(14-15-13)6-9(17)10(18)16(4)5/h8-9H,6-7H2,1-5H3. The highest BCUT2D eigenvalue weighted by Crippen LogP contribution is 2.24. The van der Waals surface area contributed by atoms with E-state index in [0.29, 0.717) is 6.42 Å². The van der Waals surface area contributed by atoms with Gasteiger partial charge in [-0.15, -0.1) is 0 Å². The van der Waals surface area contributed by atoms with E-state index in [1.54, 1.807) is 34.9 Å². The molecule has 0 aromatic rings. The maximum absolute atomic E-state index is 12.1. The molecule has 0 spiro atoms. The summed E-state index contributed by atoms with van der Waals surface area (Å²) >= 11 is 0. The first-order chi connectivity index (χ1) is 9.15. The topological polar surface area (TPSA) is 98.6 Å². The Hall–Kier alpha value is -1.95. The fraction of sp³-hybridized carbons (Fsp3) is 0.833. The average molecular weight is 283 g/mol. The Morgan fingerprint density at radius 3 is 2.45 bits per heavy atom. The lowest BCUT2D eigenvalue weighted by Gasteiger charge is -2.29. The summed E-state index contributed by atoms with van der Waals surface area (Å²) in [6, 6.07) is -1.04. The molecule has 0 aliphatic carbocycles. The summed E-state index contributed by atoms with van der Waals surface area (Å²) in [7, 11) is 3.24. The molecule has 0 radical (unpaired) electrons. The van der Waals surface area contributed by atoms with Crippen molar-refractivity contribution in [1.29, 1.82) is 0 Å². The Morgan fingerprint density at radius 1 is 1.40 bits per heavy atom. The Bertz CT molecular complexity index is 437. The zero-order valence-electron chi connectivity index (χ0n) is 12.5. The van der Waals surface area contributed by atoms with E-state index in [0.717, 1.165) is 0 Å². The number of azide groups is 1. The molecule has 1 aliphatic rings. The van der Waals surface area contributed by atoms with Gasteiger partial charge in [0, 0.05) is 25.6 Å². The van der Waals surface area contributed by atoms with Gasteiger partial charge in [-0.05, 0) is 32.7 Å². The predicted molar refractivity (Wildman–Crippen MR) is 73.0 cm³/mol. The molecule has 20 heavy (non-hydrogen) atoms. The number of hydrogen-bond acceptors (Lipinski definition) is 4. The monoisotopic (exact) mass is 283 g/mol. The van der Waals surface area contributed by atoms with Crippen molar-refractivity contribution in [2.45, 2.75) is 44.9 Å². The van der Waals surface area contributed by atoms with Crippen LogP contribution in [0.4, 0.5) is 4.79 Å². The van der Waals surface area contributed by atoms with Gasteiger partial charge >= 0.3 is 6.09 Å². The molecule has 0 saturated carbocycles. The summed E-state index contributed by atoms with van der Waals surface area (Å²) in [5.74, 6) is -0.202. The molecule has 112 valence electrons. The van der Waals surface area contributed by atoms with Crippen molar-refractivity contribution in [3.05, 3.63) is 10.4 Å². The van der Waals surface area contributed by atoms with Crippen LogP contribution in [0.15, 0.2) is 5.11 Å². The highest BCUT2D eigenvalue weighted by atomic mass is 16.6. The van der Waals surface area contributed by atoms with Crippen molar-refractivity contribution in [2.24, 2.45) is 5.11 Å². The number of carbonyl (C=O) groups is 2. The highest BCUT2D eigenvalue weighted by Gasteiger charge is 2.41. The number of ether oxygens (including phenoxy) is 1. The number of nitrogens with zero attached hydrogens (tertiary/aromatic N) is 5. The van der Waals surface area contributed by atoms with E-state index in [1.807, 2.05) is 0 Å². The van der Waals surface area contributed by atoms with Crippen molar-refractivity contribution in [3.63, 3.8) is 0 Å². The summed E-state index contributed by atoms with van der Waals surface area (Å²) in [6.45, 7) is 5.47. The fourth-order valence-corrected chi connectivity index (χ4v) is 2.02. The van der Waals surface area contributed by atoms with Crippen LogP contribution in [-0.2, 0) is 9.53 Å². The summed E-state index contributed by atoms with van der Waals surface area (Å²) < 4.78 is 5.29. The lowest BCUT2D eigenvalue weighted by Crippen LogP contribution is -2.47. The second-order valence-corrected chi connectivity index (χ2v) is 5.98. The molecule has 2 amide bonds. The first kappa shape index (κ1) is 16.1. The van der Waals surface area contributed by atoms with Gasteiger partial charge in [0.15, 0.2) is 0 Å². The van der Waals surface area contributed by atoms with Gasteiger partial charge in [-0.2, -0.15) is 0 Å². The Morgan fingerprint density at radius 2 is 2.00 bits per heavy atom. The zero-order chi connectivity index (χ0) is 15.5. The van der Waals surface area contributed by atoms with Gasteiger partial charge in [-0.3, -0.25) is 9.69 Å². The minimum absolute atomic E-state index is 0.198. The molecular formula is C12H21N5O3. The van der Waals surface area contributed by atoms with Crippen molar-refractivity contribution >= 4 is 12.0 Å². The van der Waals surface area contributed by atoms with Crippen molar-refractivity contribution < 1.29 is 14.3 Å². The van der Waals surface area contributed by atoms with E-state index in [2.05, 4.69) is 10.0 Å². The Balaban J connectivity index is 2.91. The van der Waals surface area contributed by atoms with Crippen LogP contribution in [0.3, 0.4) is 0 Å². The van der Waals surface area contributed by atoms with Crippen LogP contribution in [-0.4, -0.2) is 60.1 Å². The summed E-state index contributed by atoms with van der Waals surface area (Å²) in [4.78, 5) is 29.8. The van der Waals surface area contributed by atoms with Crippen molar-refractivity contribution in [2.75, 3.05) is 20.6 Å². The van der Waals surface area contributed by atoms with Crippen LogP contribution in [0.5, 0.6) is 0 Å². The molecule has 8 nitrogen and oxygen atoms in total. The molecular weight excluding hydrogens is 262 g/mol. The number of carbonyl (C=O) groups excluding carboxylic acids is 2. The largest absolute Gasteiger partial charge is 0.444 e. The van der Waals surface area contributed by atoms with Gasteiger partial charge in [0.25, 0.3) is 0 Å². The predicted octanol–water partition coefficient (Wildman–Crippen LogP) is 1.76. The maximum Gasteiger partial charge on any atom is 0.410 e. The molecule has 1 saturated heterocycles. The van der Waals surface area contributed by atoms with E-state index < -0.39 is 23.8 Å². The quantitative estimate of drug-likeness (QED) is 0.438. The average Bonchev–Trinajstić information content (AvgIpc) is 2.70. The van der Waals surface area contributed by atoms with E-state index in [9.17, 15) is 9.59 Å². The second-order valence-electron chi connectivity index (χ2n) is 5.98. The molecule has 1 heterocycles. The first-order valence-electron chi connectivity index (χ1n) is 6.40. The van der Waals surface area contributed by atoms with Gasteiger partial charge < -0.3 is 9.64 Å². The van der Waals surface area contributed by atoms with Crippen LogP contribution < -0.4 is 0 Å². The Kier molecular flexibility index (Phi) is 4.83. The number of amides is 2. The van der Waals surface area contributed by atoms with Crippen LogP contribution in [0, 0.1) is 0 Å². The lowest BCUT2D eigenvalue weighted by molar-refractivity contribution is -0.133. The molecule has 8 heteroatoms. The maximum atomic E-state index is 12.1. The van der Waals surface area contributed by atoms with Gasteiger partial charge in [0.2, 0.25) is 5.91 Å². The molecule has 2 unspecified atom stereocenters. The van der Waals surface area contributed by atoms with Crippen LogP contribution >= 0.6 is 0 Å². The number of likely N-dealkylation sites (tertiary alicyclic amines) is 1. The van der Waals surface area contributed by atoms with Crippen molar-refractivity contribution in [1.82, 2.24) is 9.80 Å². The van der Waals surface area contributed by atoms with Crippen molar-refractivity contribution in [3.8, 4) is 0 Å². The minimum atomic E-state index is -0.643. The number of rotatable bonds is 2. The Labute approximate surface area is 118 Å². The zero-order valence-corrected chi connectivity index (χ0v) is 12.5. The van der Waals surface area contributed by atoms with Crippen LogP contribution in [0.2, 0.25) is 0 Å². The molecule has 0 bridgehead atoms. The molecule has 0 aromatic carbocycles. The van der Waals surface area contributed by atoms with Crippen LogP contribution in [0.25, 0.3) is 10.4 Å². The normalized spacial score (nSPS) is 22.1. The summed E-state index contributed by atoms with van der Waals surface area (Å²) in [5.41, 5.74) is 7.86. The van der Waals surface area contributed by atoms with Crippen LogP contribution in [0.1, 0.15) is 27.2 Å². The third-order valence-corrected chi connectivity index (χ3v) is 2.85. The third kappa shape index (κ3) is 4.03. The first-order valence-corrected chi connectivity index (χ1v) is 6.40. The van der Waals surface area contributed by atoms with E-state index in [-0.39, 0.29) is 12.5 Å². The highest BCUT2D eigenvalue weighted by molar-refractivity contribution is 5.86. The smallest absolute Gasteiger partial charge is 0.410 e. The molecule has 0 N–H and O–H groups in total. The van der Waals surface area contributed by atoms with Gasteiger partial charge in [0.05, 0.1) is 6.04 Å². The molecule has 1 fully saturated rings. The summed E-state index contributed by atoms with van der Waals surface area (Å²) in [5, 5.41) is 3.61. The fourth-order valence-electron chi connectivity index (χ4n) is 2.02. The second kappa shape index (κ2) is 6.00. The van der Waals surface area contributed by atoms with E-state index >= 15 is 0 Å². The number of likely N-dealkylation sites (N-methyl/N-ethyl adjacent to an activating group) is 1. The lowest BCUT2D eigenvalue weighted by atomic mass is 10.1. The summed E-state index contributed by atoms with van der Waals surface area (Å²) in [6.07, 6.45) is -0.242. The molecule has 2 atom stereocenters. The van der Waals surface area contributed by atoms with Gasteiger partial charge in [-0.25, -0.2) is 4.79 Å². The molecule has 0 aromatic heterocycles.